The summed E-state index contributed by atoms with van der Waals surface area (Å²) in [5.41, 5.74) is 1.16. The van der Waals surface area contributed by atoms with Crippen LogP contribution in [0.3, 0.4) is 0 Å². The smallest absolute Gasteiger partial charge is 0.220 e. The summed E-state index contributed by atoms with van der Waals surface area (Å²) < 4.78 is 5.56. The Balaban J connectivity index is 2.15. The number of hydrogen-bond acceptors (Lipinski definition) is 2. The molecule has 1 aromatic rings. The van der Waals surface area contributed by atoms with Crippen LogP contribution >= 0.6 is 0 Å². The molecule has 110 valence electrons. The van der Waals surface area contributed by atoms with Gasteiger partial charge in [0.15, 0.2) is 0 Å². The quantitative estimate of drug-likeness (QED) is 0.865. The van der Waals surface area contributed by atoms with Gasteiger partial charge in [0, 0.05) is 12.0 Å². The average molecular weight is 275 g/mol. The second kappa shape index (κ2) is 6.29. The van der Waals surface area contributed by atoms with E-state index in [4.69, 9.17) is 4.74 Å². The number of amides is 1. The molecule has 0 spiro atoms. The number of benzene rings is 1. The van der Waals surface area contributed by atoms with Crippen LogP contribution in [-0.4, -0.2) is 18.1 Å². The fourth-order valence-corrected chi connectivity index (χ4v) is 3.22. The molecule has 0 bridgehead atoms. The summed E-state index contributed by atoms with van der Waals surface area (Å²) in [5, 5.41) is 3.22. The maximum atomic E-state index is 11.7. The van der Waals surface area contributed by atoms with Crippen molar-refractivity contribution in [2.75, 3.05) is 6.61 Å². The molecular formula is C17H25NO2. The summed E-state index contributed by atoms with van der Waals surface area (Å²) in [4.78, 5) is 11.7. The predicted molar refractivity (Wildman–Crippen MR) is 80.9 cm³/mol. The highest BCUT2D eigenvalue weighted by atomic mass is 16.5. The van der Waals surface area contributed by atoms with Crippen LogP contribution in [0.25, 0.3) is 0 Å². The van der Waals surface area contributed by atoms with Gasteiger partial charge in [0.05, 0.1) is 6.61 Å². The van der Waals surface area contributed by atoms with Crippen molar-refractivity contribution in [3.05, 3.63) is 29.8 Å². The Kier molecular flexibility index (Phi) is 4.69. The van der Waals surface area contributed by atoms with E-state index in [-0.39, 0.29) is 11.4 Å². The standard InChI is InChI=1S/C17H25NO2/c1-4-20-15-7-5-6-14(10-15)12-17(11-13(2)3)9-8-16(19)18-17/h5-7,10,13H,4,8-9,11-12H2,1-3H3,(H,18,19). The summed E-state index contributed by atoms with van der Waals surface area (Å²) in [6.07, 6.45) is 3.50. The zero-order chi connectivity index (χ0) is 14.6. The van der Waals surface area contributed by atoms with E-state index < -0.39 is 0 Å². The molecule has 1 amide bonds. The number of hydrogen-bond donors (Lipinski definition) is 1. The van der Waals surface area contributed by atoms with Gasteiger partial charge in [-0.05, 0) is 49.8 Å². The first kappa shape index (κ1) is 14.9. The van der Waals surface area contributed by atoms with Crippen molar-refractivity contribution in [2.24, 2.45) is 5.92 Å². The van der Waals surface area contributed by atoms with Crippen LogP contribution in [0, 0.1) is 5.92 Å². The van der Waals surface area contributed by atoms with Gasteiger partial charge in [0.25, 0.3) is 0 Å². The molecule has 2 rings (SSSR count). The summed E-state index contributed by atoms with van der Waals surface area (Å²) in [7, 11) is 0. The molecular weight excluding hydrogens is 250 g/mol. The third-order valence-corrected chi connectivity index (χ3v) is 3.79. The second-order valence-corrected chi connectivity index (χ2v) is 6.18. The van der Waals surface area contributed by atoms with E-state index in [0.717, 1.165) is 25.0 Å². The summed E-state index contributed by atoms with van der Waals surface area (Å²) in [5.74, 6) is 1.67. The normalized spacial score (nSPS) is 22.1. The van der Waals surface area contributed by atoms with Crippen LogP contribution < -0.4 is 10.1 Å². The molecule has 1 N–H and O–H groups in total. The molecule has 1 aliphatic rings. The minimum Gasteiger partial charge on any atom is -0.494 e. The van der Waals surface area contributed by atoms with Crippen LogP contribution in [0.15, 0.2) is 24.3 Å². The molecule has 1 heterocycles. The Morgan fingerprint density at radius 1 is 1.40 bits per heavy atom. The first-order valence-electron chi connectivity index (χ1n) is 7.56. The number of ether oxygens (including phenoxy) is 1. The fraction of sp³-hybridized carbons (Fsp3) is 0.588. The minimum absolute atomic E-state index is 0.0733. The molecule has 1 aliphatic heterocycles. The Morgan fingerprint density at radius 3 is 2.80 bits per heavy atom. The summed E-state index contributed by atoms with van der Waals surface area (Å²) in [6, 6.07) is 8.22. The minimum atomic E-state index is -0.0733. The largest absolute Gasteiger partial charge is 0.494 e. The Hall–Kier alpha value is -1.51. The topological polar surface area (TPSA) is 38.3 Å². The maximum Gasteiger partial charge on any atom is 0.220 e. The van der Waals surface area contributed by atoms with Crippen LogP contribution in [0.5, 0.6) is 5.75 Å². The molecule has 1 fully saturated rings. The lowest BCUT2D eigenvalue weighted by atomic mass is 9.82. The van der Waals surface area contributed by atoms with Gasteiger partial charge in [-0.3, -0.25) is 4.79 Å². The molecule has 1 unspecified atom stereocenters. The van der Waals surface area contributed by atoms with Crippen molar-refractivity contribution in [1.82, 2.24) is 5.32 Å². The molecule has 1 aromatic carbocycles. The molecule has 1 atom stereocenters. The van der Waals surface area contributed by atoms with Gasteiger partial charge >= 0.3 is 0 Å². The Morgan fingerprint density at radius 2 is 2.20 bits per heavy atom. The fourth-order valence-electron chi connectivity index (χ4n) is 3.22. The zero-order valence-corrected chi connectivity index (χ0v) is 12.7. The predicted octanol–water partition coefficient (Wildman–Crippen LogP) is 3.32. The Bertz CT molecular complexity index is 470. The van der Waals surface area contributed by atoms with Gasteiger partial charge < -0.3 is 10.1 Å². The van der Waals surface area contributed by atoms with E-state index in [1.54, 1.807) is 0 Å². The average Bonchev–Trinajstić information content (AvgIpc) is 2.70. The molecule has 3 heteroatoms. The van der Waals surface area contributed by atoms with Crippen molar-refractivity contribution < 1.29 is 9.53 Å². The van der Waals surface area contributed by atoms with Gasteiger partial charge in [-0.15, -0.1) is 0 Å². The Labute approximate surface area is 121 Å². The maximum absolute atomic E-state index is 11.7. The van der Waals surface area contributed by atoms with Gasteiger partial charge in [-0.25, -0.2) is 0 Å². The number of carbonyl (C=O) groups is 1. The first-order valence-corrected chi connectivity index (χ1v) is 7.56. The monoisotopic (exact) mass is 275 g/mol. The molecule has 3 nitrogen and oxygen atoms in total. The second-order valence-electron chi connectivity index (χ2n) is 6.18. The van der Waals surface area contributed by atoms with Crippen molar-refractivity contribution in [3.8, 4) is 5.75 Å². The molecule has 0 aromatic heterocycles. The lowest BCUT2D eigenvalue weighted by molar-refractivity contribution is -0.119. The first-order chi connectivity index (χ1) is 9.53. The van der Waals surface area contributed by atoms with Gasteiger partial charge in [0.1, 0.15) is 5.75 Å². The van der Waals surface area contributed by atoms with Crippen molar-refractivity contribution in [1.29, 1.82) is 0 Å². The van der Waals surface area contributed by atoms with E-state index in [9.17, 15) is 4.79 Å². The van der Waals surface area contributed by atoms with Gasteiger partial charge in [-0.1, -0.05) is 26.0 Å². The summed E-state index contributed by atoms with van der Waals surface area (Å²) >= 11 is 0. The van der Waals surface area contributed by atoms with Crippen LogP contribution in [-0.2, 0) is 11.2 Å². The highest BCUT2D eigenvalue weighted by Crippen LogP contribution is 2.31. The van der Waals surface area contributed by atoms with Gasteiger partial charge in [-0.2, -0.15) is 0 Å². The molecule has 0 radical (unpaired) electrons. The van der Waals surface area contributed by atoms with E-state index in [0.29, 0.717) is 18.9 Å². The highest BCUT2D eigenvalue weighted by molar-refractivity contribution is 5.79. The van der Waals surface area contributed by atoms with E-state index >= 15 is 0 Å². The van der Waals surface area contributed by atoms with Crippen LogP contribution in [0.2, 0.25) is 0 Å². The molecule has 1 saturated heterocycles. The molecule has 0 saturated carbocycles. The SMILES string of the molecule is CCOc1cccc(CC2(CC(C)C)CCC(=O)N2)c1. The van der Waals surface area contributed by atoms with E-state index in [1.165, 1.54) is 5.56 Å². The number of nitrogens with one attached hydrogen (secondary N) is 1. The number of carbonyl (C=O) groups excluding carboxylic acids is 1. The third kappa shape index (κ3) is 3.75. The number of rotatable bonds is 6. The highest BCUT2D eigenvalue weighted by Gasteiger charge is 2.38. The summed E-state index contributed by atoms with van der Waals surface area (Å²) in [6.45, 7) is 7.09. The van der Waals surface area contributed by atoms with E-state index in [2.05, 4.69) is 31.3 Å². The van der Waals surface area contributed by atoms with Crippen LogP contribution in [0.1, 0.15) is 45.6 Å². The van der Waals surface area contributed by atoms with Crippen molar-refractivity contribution >= 4 is 5.91 Å². The molecule has 20 heavy (non-hydrogen) atoms. The lowest BCUT2D eigenvalue weighted by Crippen LogP contribution is -2.44. The van der Waals surface area contributed by atoms with Gasteiger partial charge in [0.2, 0.25) is 5.91 Å². The zero-order valence-electron chi connectivity index (χ0n) is 12.7. The van der Waals surface area contributed by atoms with Crippen molar-refractivity contribution in [3.63, 3.8) is 0 Å². The van der Waals surface area contributed by atoms with Crippen LogP contribution in [0.4, 0.5) is 0 Å². The lowest BCUT2D eigenvalue weighted by Gasteiger charge is -2.31. The van der Waals surface area contributed by atoms with Crippen molar-refractivity contribution in [2.45, 2.75) is 52.0 Å². The molecule has 0 aliphatic carbocycles. The third-order valence-electron chi connectivity index (χ3n) is 3.79. The van der Waals surface area contributed by atoms with E-state index in [1.807, 2.05) is 19.1 Å².